The van der Waals surface area contributed by atoms with Crippen molar-refractivity contribution in [3.63, 3.8) is 0 Å². The maximum Gasteiger partial charge on any atom is 0.320 e. The Kier molecular flexibility index (Phi) is 4.18. The first-order valence-corrected chi connectivity index (χ1v) is 10.3. The van der Waals surface area contributed by atoms with E-state index in [1.807, 2.05) is 13.1 Å². The second kappa shape index (κ2) is 6.55. The molecule has 1 aromatic rings. The van der Waals surface area contributed by atoms with Crippen LogP contribution in [0.5, 0.6) is 0 Å². The van der Waals surface area contributed by atoms with Gasteiger partial charge in [0, 0.05) is 31.7 Å². The van der Waals surface area contributed by atoms with Crippen molar-refractivity contribution >= 4 is 11.8 Å². The Morgan fingerprint density at radius 3 is 2.58 bits per heavy atom. The Morgan fingerprint density at radius 1 is 1.19 bits per heavy atom. The van der Waals surface area contributed by atoms with Crippen molar-refractivity contribution in [1.82, 2.24) is 15.1 Å². The summed E-state index contributed by atoms with van der Waals surface area (Å²) in [6.45, 7) is 1.58. The molecule has 142 valence electrons. The fraction of sp³-hybridized carbons (Fsp3) is 0.800. The molecule has 6 heteroatoms. The summed E-state index contributed by atoms with van der Waals surface area (Å²) >= 11 is 0. The Bertz CT molecular complexity index is 651. The molecule has 6 rings (SSSR count). The normalized spacial score (nSPS) is 38.3. The molecule has 5 aliphatic rings. The van der Waals surface area contributed by atoms with E-state index in [4.69, 9.17) is 4.74 Å². The maximum absolute atomic E-state index is 12.7. The van der Waals surface area contributed by atoms with Gasteiger partial charge in [-0.1, -0.05) is 0 Å². The predicted octanol–water partition coefficient (Wildman–Crippen LogP) is 3.26. The summed E-state index contributed by atoms with van der Waals surface area (Å²) in [5.74, 6) is 4.36. The van der Waals surface area contributed by atoms with Gasteiger partial charge in [0.25, 0.3) is 0 Å². The molecule has 26 heavy (non-hydrogen) atoms. The average molecular weight is 358 g/mol. The first-order valence-electron chi connectivity index (χ1n) is 10.3. The molecular formula is C20H30N4O2. The molecule has 4 bridgehead atoms. The van der Waals surface area contributed by atoms with E-state index < -0.39 is 0 Å². The molecule has 1 saturated heterocycles. The fourth-order valence-electron chi connectivity index (χ4n) is 6.24. The van der Waals surface area contributed by atoms with Gasteiger partial charge in [0.15, 0.2) is 0 Å². The summed E-state index contributed by atoms with van der Waals surface area (Å²) in [5.41, 5.74) is 1.03. The van der Waals surface area contributed by atoms with Crippen LogP contribution in [0.25, 0.3) is 0 Å². The van der Waals surface area contributed by atoms with Crippen LogP contribution in [0, 0.1) is 23.7 Å². The minimum absolute atomic E-state index is 0.0723. The van der Waals surface area contributed by atoms with Gasteiger partial charge in [-0.05, 0) is 68.6 Å². The minimum atomic E-state index is -0.0723. The van der Waals surface area contributed by atoms with Crippen LogP contribution in [0.4, 0.5) is 10.6 Å². The van der Waals surface area contributed by atoms with Gasteiger partial charge in [-0.25, -0.2) is 4.79 Å². The van der Waals surface area contributed by atoms with Gasteiger partial charge in [0.1, 0.15) is 5.82 Å². The van der Waals surface area contributed by atoms with Crippen LogP contribution in [0.1, 0.15) is 56.6 Å². The van der Waals surface area contributed by atoms with Gasteiger partial charge in [0.2, 0.25) is 0 Å². The van der Waals surface area contributed by atoms with Crippen LogP contribution in [0.2, 0.25) is 0 Å². The second-order valence-corrected chi connectivity index (χ2v) is 9.05. The van der Waals surface area contributed by atoms with Crippen molar-refractivity contribution in [2.24, 2.45) is 30.7 Å². The van der Waals surface area contributed by atoms with E-state index in [0.717, 1.165) is 49.4 Å². The number of hydrogen-bond donors (Lipinski definition) is 2. The van der Waals surface area contributed by atoms with Gasteiger partial charge in [-0.15, -0.1) is 0 Å². The van der Waals surface area contributed by atoms with Crippen molar-refractivity contribution in [2.75, 3.05) is 18.5 Å². The highest BCUT2D eigenvalue weighted by Crippen LogP contribution is 2.53. The number of nitrogens with zero attached hydrogens (tertiary/aromatic N) is 2. The van der Waals surface area contributed by atoms with Gasteiger partial charge in [0.05, 0.1) is 12.3 Å². The Morgan fingerprint density at radius 2 is 1.92 bits per heavy atom. The zero-order valence-corrected chi connectivity index (χ0v) is 15.6. The molecule has 1 unspecified atom stereocenters. The third-order valence-corrected chi connectivity index (χ3v) is 7.24. The summed E-state index contributed by atoms with van der Waals surface area (Å²) in [5, 5.41) is 11.0. The molecule has 2 amide bonds. The van der Waals surface area contributed by atoms with E-state index in [9.17, 15) is 4.79 Å². The third-order valence-electron chi connectivity index (χ3n) is 7.24. The fourth-order valence-corrected chi connectivity index (χ4v) is 6.24. The van der Waals surface area contributed by atoms with Crippen molar-refractivity contribution in [3.8, 4) is 0 Å². The van der Waals surface area contributed by atoms with E-state index >= 15 is 0 Å². The standard InChI is InChI=1S/C20H30N4O2/c1-24-18(10-17(23-24)14-3-2-4-26-11-14)21-20(25)22-19-15-6-12-5-13(8-15)9-16(19)7-12/h10,12-16,19H,2-9,11H2,1H3,(H2,21,22,25). The number of anilines is 1. The van der Waals surface area contributed by atoms with Gasteiger partial charge in [-0.3, -0.25) is 10.00 Å². The molecule has 1 aliphatic heterocycles. The lowest BCUT2D eigenvalue weighted by molar-refractivity contribution is -0.00884. The molecule has 6 nitrogen and oxygen atoms in total. The Labute approximate surface area is 155 Å². The highest BCUT2D eigenvalue weighted by atomic mass is 16.5. The van der Waals surface area contributed by atoms with E-state index in [-0.39, 0.29) is 6.03 Å². The SMILES string of the molecule is Cn1nc(C2CCCOC2)cc1NC(=O)NC1C2CC3CC(C2)CC1C3. The quantitative estimate of drug-likeness (QED) is 0.871. The zero-order chi connectivity index (χ0) is 17.7. The van der Waals surface area contributed by atoms with Crippen molar-refractivity contribution in [2.45, 2.75) is 56.9 Å². The third kappa shape index (κ3) is 3.02. The molecule has 4 saturated carbocycles. The molecule has 1 atom stereocenters. The second-order valence-electron chi connectivity index (χ2n) is 9.05. The van der Waals surface area contributed by atoms with Crippen LogP contribution in [-0.2, 0) is 11.8 Å². The van der Waals surface area contributed by atoms with Crippen molar-refractivity contribution in [1.29, 1.82) is 0 Å². The molecule has 0 spiro atoms. The lowest BCUT2D eigenvalue weighted by atomic mass is 9.54. The highest BCUT2D eigenvalue weighted by molar-refractivity contribution is 5.88. The number of aryl methyl sites for hydroxylation is 1. The number of aromatic nitrogens is 2. The summed E-state index contributed by atoms with van der Waals surface area (Å²) in [6, 6.07) is 2.30. The maximum atomic E-state index is 12.7. The Balaban J connectivity index is 1.23. The van der Waals surface area contributed by atoms with E-state index in [1.54, 1.807) is 4.68 Å². The largest absolute Gasteiger partial charge is 0.381 e. The first-order chi connectivity index (χ1) is 12.7. The predicted molar refractivity (Wildman–Crippen MR) is 99.0 cm³/mol. The molecule has 4 aliphatic carbocycles. The number of urea groups is 1. The average Bonchev–Trinajstić information content (AvgIpc) is 2.99. The number of carbonyl (C=O) groups is 1. The van der Waals surface area contributed by atoms with Crippen LogP contribution < -0.4 is 10.6 Å². The molecule has 2 N–H and O–H groups in total. The zero-order valence-electron chi connectivity index (χ0n) is 15.6. The van der Waals surface area contributed by atoms with Crippen LogP contribution >= 0.6 is 0 Å². The monoisotopic (exact) mass is 358 g/mol. The van der Waals surface area contributed by atoms with Gasteiger partial charge in [-0.2, -0.15) is 5.10 Å². The van der Waals surface area contributed by atoms with E-state index in [0.29, 0.717) is 23.8 Å². The lowest BCUT2D eigenvalue weighted by Gasteiger charge is -2.54. The number of carbonyl (C=O) groups excluding carboxylic acids is 1. The molecule has 2 heterocycles. The number of hydrogen-bond acceptors (Lipinski definition) is 3. The summed E-state index contributed by atoms with van der Waals surface area (Å²) in [6.07, 6.45) is 8.89. The van der Waals surface area contributed by atoms with Crippen molar-refractivity contribution in [3.05, 3.63) is 11.8 Å². The summed E-state index contributed by atoms with van der Waals surface area (Å²) in [7, 11) is 1.89. The van der Waals surface area contributed by atoms with E-state index in [1.165, 1.54) is 32.1 Å². The number of ether oxygens (including phenoxy) is 1. The van der Waals surface area contributed by atoms with Gasteiger partial charge < -0.3 is 10.1 Å². The van der Waals surface area contributed by atoms with E-state index in [2.05, 4.69) is 15.7 Å². The summed E-state index contributed by atoms with van der Waals surface area (Å²) in [4.78, 5) is 12.7. The highest BCUT2D eigenvalue weighted by Gasteiger charge is 2.48. The Hall–Kier alpha value is -1.56. The molecule has 0 radical (unpaired) electrons. The number of amides is 2. The van der Waals surface area contributed by atoms with Crippen LogP contribution in [-0.4, -0.2) is 35.1 Å². The first kappa shape index (κ1) is 16.6. The smallest absolute Gasteiger partial charge is 0.320 e. The van der Waals surface area contributed by atoms with Gasteiger partial charge >= 0.3 is 6.03 Å². The summed E-state index contributed by atoms with van der Waals surface area (Å²) < 4.78 is 7.35. The lowest BCUT2D eigenvalue weighted by Crippen LogP contribution is -2.56. The molecular weight excluding hydrogens is 328 g/mol. The van der Waals surface area contributed by atoms with Crippen LogP contribution in [0.15, 0.2) is 6.07 Å². The molecule has 0 aromatic carbocycles. The van der Waals surface area contributed by atoms with Crippen molar-refractivity contribution < 1.29 is 9.53 Å². The number of nitrogens with one attached hydrogen (secondary N) is 2. The molecule has 1 aromatic heterocycles. The minimum Gasteiger partial charge on any atom is -0.381 e. The topological polar surface area (TPSA) is 68.2 Å². The number of rotatable bonds is 3. The molecule has 5 fully saturated rings. The van der Waals surface area contributed by atoms with Crippen LogP contribution in [0.3, 0.4) is 0 Å².